The standard InChI is InChI=1S/C22H27N5O/c1-15-21(16(2)28-26-15)18-6-10-24-20(13-18)17-7-11-27(12-8-17)14-19-5-4-9-25-22(19)23-3/h4-6,9-10,13,17H,7-8,11-12,14H2,1-3H3,(H,23,25). The van der Waals surface area contributed by atoms with Crippen LogP contribution < -0.4 is 5.32 Å². The molecule has 0 atom stereocenters. The Morgan fingerprint density at radius 2 is 1.96 bits per heavy atom. The SMILES string of the molecule is CNc1ncccc1CN1CCC(c2cc(-c3c(C)noc3C)ccn2)CC1. The van der Waals surface area contributed by atoms with E-state index in [1.165, 1.54) is 11.3 Å². The lowest BCUT2D eigenvalue weighted by Crippen LogP contribution is -2.33. The molecule has 0 radical (unpaired) electrons. The van der Waals surface area contributed by atoms with E-state index in [-0.39, 0.29) is 0 Å². The van der Waals surface area contributed by atoms with Crippen LogP contribution in [0.15, 0.2) is 41.2 Å². The van der Waals surface area contributed by atoms with Gasteiger partial charge in [-0.3, -0.25) is 9.88 Å². The molecule has 4 rings (SSSR count). The van der Waals surface area contributed by atoms with Crippen LogP contribution in [-0.2, 0) is 6.54 Å². The van der Waals surface area contributed by atoms with E-state index in [1.807, 2.05) is 45.4 Å². The first-order chi connectivity index (χ1) is 13.7. The van der Waals surface area contributed by atoms with Crippen LogP contribution >= 0.6 is 0 Å². The summed E-state index contributed by atoms with van der Waals surface area (Å²) in [6.45, 7) is 7.03. The van der Waals surface area contributed by atoms with Gasteiger partial charge in [0.15, 0.2) is 0 Å². The third kappa shape index (κ3) is 3.78. The Bertz CT molecular complexity index is 924. The molecule has 1 N–H and O–H groups in total. The maximum Gasteiger partial charge on any atom is 0.141 e. The molecular weight excluding hydrogens is 350 g/mol. The van der Waals surface area contributed by atoms with Gasteiger partial charge in [-0.05, 0) is 63.5 Å². The van der Waals surface area contributed by atoms with Crippen molar-refractivity contribution in [2.45, 2.75) is 39.2 Å². The van der Waals surface area contributed by atoms with E-state index < -0.39 is 0 Å². The molecule has 6 heteroatoms. The predicted molar refractivity (Wildman–Crippen MR) is 110 cm³/mol. The molecule has 4 heterocycles. The molecule has 0 saturated carbocycles. The van der Waals surface area contributed by atoms with Crippen molar-refractivity contribution < 1.29 is 4.52 Å². The van der Waals surface area contributed by atoms with Gasteiger partial charge in [0.1, 0.15) is 11.6 Å². The highest BCUT2D eigenvalue weighted by atomic mass is 16.5. The molecule has 1 aliphatic rings. The number of anilines is 1. The van der Waals surface area contributed by atoms with Crippen LogP contribution in [0.3, 0.4) is 0 Å². The predicted octanol–water partition coefficient (Wildman–Crippen LogP) is 4.17. The average molecular weight is 377 g/mol. The lowest BCUT2D eigenvalue weighted by atomic mass is 9.91. The summed E-state index contributed by atoms with van der Waals surface area (Å²) < 4.78 is 5.34. The Hall–Kier alpha value is -2.73. The molecule has 28 heavy (non-hydrogen) atoms. The monoisotopic (exact) mass is 377 g/mol. The number of aromatic nitrogens is 3. The third-order valence-corrected chi connectivity index (χ3v) is 5.63. The van der Waals surface area contributed by atoms with E-state index in [1.54, 1.807) is 0 Å². The highest BCUT2D eigenvalue weighted by Gasteiger charge is 2.23. The van der Waals surface area contributed by atoms with Gasteiger partial charge in [-0.15, -0.1) is 0 Å². The summed E-state index contributed by atoms with van der Waals surface area (Å²) in [5.74, 6) is 2.33. The minimum Gasteiger partial charge on any atom is -0.373 e. The normalized spacial score (nSPS) is 15.7. The van der Waals surface area contributed by atoms with Crippen LogP contribution in [0.4, 0.5) is 5.82 Å². The van der Waals surface area contributed by atoms with Crippen molar-refractivity contribution in [3.63, 3.8) is 0 Å². The number of likely N-dealkylation sites (tertiary alicyclic amines) is 1. The lowest BCUT2D eigenvalue weighted by Gasteiger charge is -2.32. The molecule has 0 aromatic carbocycles. The van der Waals surface area contributed by atoms with Crippen molar-refractivity contribution >= 4 is 5.82 Å². The topological polar surface area (TPSA) is 67.1 Å². The van der Waals surface area contributed by atoms with Crippen molar-refractivity contribution in [3.8, 4) is 11.1 Å². The molecule has 1 saturated heterocycles. The number of aryl methyl sites for hydroxylation is 2. The number of hydrogen-bond donors (Lipinski definition) is 1. The number of nitrogens with zero attached hydrogens (tertiary/aromatic N) is 4. The zero-order chi connectivity index (χ0) is 19.5. The molecule has 0 spiro atoms. The minimum atomic E-state index is 0.495. The zero-order valence-corrected chi connectivity index (χ0v) is 16.8. The van der Waals surface area contributed by atoms with Crippen molar-refractivity contribution in [1.29, 1.82) is 0 Å². The molecule has 1 aliphatic heterocycles. The zero-order valence-electron chi connectivity index (χ0n) is 16.8. The van der Waals surface area contributed by atoms with Gasteiger partial charge >= 0.3 is 0 Å². The Morgan fingerprint density at radius 3 is 2.68 bits per heavy atom. The fraction of sp³-hybridized carbons (Fsp3) is 0.409. The molecule has 0 bridgehead atoms. The molecule has 0 aliphatic carbocycles. The summed E-state index contributed by atoms with van der Waals surface area (Å²) in [5, 5.41) is 7.27. The summed E-state index contributed by atoms with van der Waals surface area (Å²) in [6, 6.07) is 8.42. The maximum atomic E-state index is 5.34. The summed E-state index contributed by atoms with van der Waals surface area (Å²) in [7, 11) is 1.93. The van der Waals surface area contributed by atoms with E-state index in [4.69, 9.17) is 4.52 Å². The van der Waals surface area contributed by atoms with Crippen molar-refractivity contribution in [3.05, 3.63) is 59.4 Å². The van der Waals surface area contributed by atoms with E-state index in [9.17, 15) is 0 Å². The number of rotatable bonds is 5. The van der Waals surface area contributed by atoms with Gasteiger partial charge in [-0.2, -0.15) is 0 Å². The second-order valence-electron chi connectivity index (χ2n) is 7.48. The van der Waals surface area contributed by atoms with Gasteiger partial charge in [0.25, 0.3) is 0 Å². The average Bonchev–Trinajstić information content (AvgIpc) is 3.07. The molecule has 6 nitrogen and oxygen atoms in total. The van der Waals surface area contributed by atoms with Crippen molar-refractivity contribution in [1.82, 2.24) is 20.0 Å². The second kappa shape index (κ2) is 8.10. The fourth-order valence-corrected chi connectivity index (χ4v) is 4.14. The molecule has 3 aromatic rings. The molecular formula is C22H27N5O. The van der Waals surface area contributed by atoms with Gasteiger partial charge < -0.3 is 9.84 Å². The Kier molecular flexibility index (Phi) is 5.39. The third-order valence-electron chi connectivity index (χ3n) is 5.63. The largest absolute Gasteiger partial charge is 0.373 e. The molecule has 0 amide bonds. The Labute approximate surface area is 166 Å². The highest BCUT2D eigenvalue weighted by Crippen LogP contribution is 2.32. The van der Waals surface area contributed by atoms with Crippen LogP contribution in [0.2, 0.25) is 0 Å². The van der Waals surface area contributed by atoms with E-state index in [2.05, 4.69) is 37.5 Å². The Balaban J connectivity index is 1.44. The van der Waals surface area contributed by atoms with Crippen LogP contribution in [0.5, 0.6) is 0 Å². The minimum absolute atomic E-state index is 0.495. The summed E-state index contributed by atoms with van der Waals surface area (Å²) in [6.07, 6.45) is 5.98. The summed E-state index contributed by atoms with van der Waals surface area (Å²) in [4.78, 5) is 11.6. The highest BCUT2D eigenvalue weighted by molar-refractivity contribution is 5.67. The number of pyridine rings is 2. The number of hydrogen-bond acceptors (Lipinski definition) is 6. The van der Waals surface area contributed by atoms with E-state index in [0.717, 1.165) is 60.9 Å². The lowest BCUT2D eigenvalue weighted by molar-refractivity contribution is 0.203. The second-order valence-corrected chi connectivity index (χ2v) is 7.48. The Morgan fingerprint density at radius 1 is 1.14 bits per heavy atom. The van der Waals surface area contributed by atoms with Gasteiger partial charge in [0, 0.05) is 48.7 Å². The number of piperidine rings is 1. The number of nitrogens with one attached hydrogen (secondary N) is 1. The van der Waals surface area contributed by atoms with Gasteiger partial charge in [-0.1, -0.05) is 11.2 Å². The smallest absolute Gasteiger partial charge is 0.141 e. The summed E-state index contributed by atoms with van der Waals surface area (Å²) >= 11 is 0. The van der Waals surface area contributed by atoms with E-state index in [0.29, 0.717) is 5.92 Å². The summed E-state index contributed by atoms with van der Waals surface area (Å²) in [5.41, 5.74) is 5.60. The van der Waals surface area contributed by atoms with Gasteiger partial charge in [-0.25, -0.2) is 4.98 Å². The van der Waals surface area contributed by atoms with Crippen LogP contribution in [0.25, 0.3) is 11.1 Å². The van der Waals surface area contributed by atoms with Gasteiger partial charge in [0.2, 0.25) is 0 Å². The van der Waals surface area contributed by atoms with Crippen molar-refractivity contribution in [2.75, 3.05) is 25.5 Å². The molecule has 0 unspecified atom stereocenters. The first-order valence-corrected chi connectivity index (χ1v) is 9.89. The van der Waals surface area contributed by atoms with Crippen LogP contribution in [-0.4, -0.2) is 40.2 Å². The van der Waals surface area contributed by atoms with Gasteiger partial charge in [0.05, 0.1) is 5.69 Å². The maximum absolute atomic E-state index is 5.34. The first kappa shape index (κ1) is 18.6. The molecule has 1 fully saturated rings. The first-order valence-electron chi connectivity index (χ1n) is 9.89. The fourth-order valence-electron chi connectivity index (χ4n) is 4.14. The molecule has 146 valence electrons. The van der Waals surface area contributed by atoms with Crippen LogP contribution in [0.1, 0.15) is 41.5 Å². The van der Waals surface area contributed by atoms with Crippen molar-refractivity contribution in [2.24, 2.45) is 0 Å². The van der Waals surface area contributed by atoms with E-state index >= 15 is 0 Å². The quantitative estimate of drug-likeness (QED) is 0.720. The van der Waals surface area contributed by atoms with Crippen LogP contribution in [0, 0.1) is 13.8 Å². The molecule has 3 aromatic heterocycles.